The molecule has 0 saturated heterocycles. The minimum Gasteiger partial charge on any atom is -0.277 e. The summed E-state index contributed by atoms with van der Waals surface area (Å²) in [5.41, 5.74) is 3.69. The van der Waals surface area contributed by atoms with Gasteiger partial charge in [0.2, 0.25) is 0 Å². The zero-order valence-corrected chi connectivity index (χ0v) is 5.64. The first-order valence-electron chi connectivity index (χ1n) is 2.90. The molecule has 0 aromatic carbocycles. The Balaban J connectivity index is 2.74. The van der Waals surface area contributed by atoms with Crippen LogP contribution in [0.1, 0.15) is 6.92 Å². The Morgan fingerprint density at radius 1 is 1.78 bits per heavy atom. The van der Waals surface area contributed by atoms with E-state index in [9.17, 15) is 4.79 Å². The van der Waals surface area contributed by atoms with E-state index < -0.39 is 0 Å². The molecule has 9 heavy (non-hydrogen) atoms. The van der Waals surface area contributed by atoms with Crippen molar-refractivity contribution in [1.82, 2.24) is 10.4 Å². The number of amides is 1. The van der Waals surface area contributed by atoms with Crippen LogP contribution in [0.5, 0.6) is 0 Å². The fourth-order valence-electron chi connectivity index (χ4n) is 0.759. The Labute approximate surface area is 54.3 Å². The van der Waals surface area contributed by atoms with Crippen LogP contribution in [-0.4, -0.2) is 24.5 Å². The molecule has 0 fully saturated rings. The van der Waals surface area contributed by atoms with Crippen LogP contribution in [0.4, 0.5) is 0 Å². The van der Waals surface area contributed by atoms with Crippen molar-refractivity contribution in [2.45, 2.75) is 6.92 Å². The SMILES string of the molecule is CC1=CCNN(C)C1=O. The molecule has 1 aliphatic rings. The van der Waals surface area contributed by atoms with Crippen molar-refractivity contribution in [2.75, 3.05) is 13.6 Å². The lowest BCUT2D eigenvalue weighted by Crippen LogP contribution is -2.43. The summed E-state index contributed by atoms with van der Waals surface area (Å²) in [6, 6.07) is 0. The molecule has 1 aliphatic heterocycles. The number of likely N-dealkylation sites (N-methyl/N-ethyl adjacent to an activating group) is 1. The average Bonchev–Trinajstić information content (AvgIpc) is 1.83. The number of nitrogens with one attached hydrogen (secondary N) is 1. The second kappa shape index (κ2) is 2.19. The van der Waals surface area contributed by atoms with Gasteiger partial charge in [-0.1, -0.05) is 6.08 Å². The highest BCUT2D eigenvalue weighted by Gasteiger charge is 2.12. The van der Waals surface area contributed by atoms with Crippen molar-refractivity contribution in [3.8, 4) is 0 Å². The average molecular weight is 126 g/mol. The van der Waals surface area contributed by atoms with Gasteiger partial charge in [-0.3, -0.25) is 9.80 Å². The number of carbonyl (C=O) groups excluding carboxylic acids is 1. The van der Waals surface area contributed by atoms with Crippen molar-refractivity contribution < 1.29 is 4.79 Å². The Morgan fingerprint density at radius 3 is 2.89 bits per heavy atom. The van der Waals surface area contributed by atoms with Crippen LogP contribution in [0.15, 0.2) is 11.6 Å². The van der Waals surface area contributed by atoms with E-state index in [2.05, 4.69) is 5.43 Å². The molecule has 0 aliphatic carbocycles. The Kier molecular flexibility index (Phi) is 1.53. The lowest BCUT2D eigenvalue weighted by molar-refractivity contribution is -0.129. The Hall–Kier alpha value is -0.830. The number of hydrogen-bond acceptors (Lipinski definition) is 2. The summed E-state index contributed by atoms with van der Waals surface area (Å²) in [5, 5.41) is 1.50. The van der Waals surface area contributed by atoms with E-state index in [4.69, 9.17) is 0 Å². The van der Waals surface area contributed by atoms with Gasteiger partial charge in [0.05, 0.1) is 0 Å². The summed E-state index contributed by atoms with van der Waals surface area (Å²) in [6.07, 6.45) is 1.88. The van der Waals surface area contributed by atoms with Crippen LogP contribution in [-0.2, 0) is 4.79 Å². The smallest absolute Gasteiger partial charge is 0.263 e. The van der Waals surface area contributed by atoms with E-state index in [-0.39, 0.29) is 5.91 Å². The highest BCUT2D eigenvalue weighted by Crippen LogP contribution is 1.99. The predicted molar refractivity (Wildman–Crippen MR) is 34.5 cm³/mol. The number of rotatable bonds is 0. The number of carbonyl (C=O) groups is 1. The van der Waals surface area contributed by atoms with E-state index in [1.807, 2.05) is 13.0 Å². The zero-order chi connectivity index (χ0) is 6.85. The lowest BCUT2D eigenvalue weighted by Gasteiger charge is -2.21. The van der Waals surface area contributed by atoms with E-state index in [0.29, 0.717) is 0 Å². The largest absolute Gasteiger partial charge is 0.277 e. The maximum Gasteiger partial charge on any atom is 0.263 e. The maximum atomic E-state index is 10.9. The van der Waals surface area contributed by atoms with Crippen LogP contribution < -0.4 is 5.43 Å². The Bertz CT molecular complexity index is 162. The van der Waals surface area contributed by atoms with Gasteiger partial charge >= 0.3 is 0 Å². The van der Waals surface area contributed by atoms with E-state index in [0.717, 1.165) is 12.1 Å². The van der Waals surface area contributed by atoms with Gasteiger partial charge in [-0.25, -0.2) is 5.43 Å². The Morgan fingerprint density at radius 2 is 2.44 bits per heavy atom. The van der Waals surface area contributed by atoms with E-state index >= 15 is 0 Å². The summed E-state index contributed by atoms with van der Waals surface area (Å²) < 4.78 is 0. The number of hydrazine groups is 1. The fourth-order valence-corrected chi connectivity index (χ4v) is 0.759. The monoisotopic (exact) mass is 126 g/mol. The predicted octanol–water partition coefficient (Wildman–Crippen LogP) is -0.0907. The first kappa shape index (κ1) is 6.29. The quantitative estimate of drug-likeness (QED) is 0.492. The van der Waals surface area contributed by atoms with E-state index in [1.165, 1.54) is 5.01 Å². The van der Waals surface area contributed by atoms with Gasteiger partial charge < -0.3 is 0 Å². The van der Waals surface area contributed by atoms with Crippen LogP contribution in [0.2, 0.25) is 0 Å². The van der Waals surface area contributed by atoms with Crippen LogP contribution >= 0.6 is 0 Å². The first-order chi connectivity index (χ1) is 4.22. The molecule has 3 heteroatoms. The topological polar surface area (TPSA) is 32.3 Å². The van der Waals surface area contributed by atoms with Gasteiger partial charge in [-0.15, -0.1) is 0 Å². The standard InChI is InChI=1S/C6H10N2O/c1-5-3-4-7-8(2)6(5)9/h3,7H,4H2,1-2H3. The molecule has 1 N–H and O–H groups in total. The maximum absolute atomic E-state index is 10.9. The molecule has 0 spiro atoms. The molecular formula is C6H10N2O. The number of nitrogens with zero attached hydrogens (tertiary/aromatic N) is 1. The molecule has 1 heterocycles. The summed E-state index contributed by atoms with van der Waals surface area (Å²) >= 11 is 0. The molecule has 1 amide bonds. The van der Waals surface area contributed by atoms with Gasteiger partial charge in [-0.05, 0) is 6.92 Å². The van der Waals surface area contributed by atoms with Crippen LogP contribution in [0.25, 0.3) is 0 Å². The van der Waals surface area contributed by atoms with Gasteiger partial charge in [0.25, 0.3) is 5.91 Å². The molecule has 0 bridgehead atoms. The summed E-state index contributed by atoms with van der Waals surface area (Å²) in [5.74, 6) is 0.0567. The molecule has 3 nitrogen and oxygen atoms in total. The molecule has 0 unspecified atom stereocenters. The van der Waals surface area contributed by atoms with E-state index in [1.54, 1.807) is 7.05 Å². The summed E-state index contributed by atoms with van der Waals surface area (Å²) in [4.78, 5) is 10.9. The van der Waals surface area contributed by atoms with Gasteiger partial charge in [0.1, 0.15) is 0 Å². The zero-order valence-electron chi connectivity index (χ0n) is 5.64. The van der Waals surface area contributed by atoms with Crippen molar-refractivity contribution in [2.24, 2.45) is 0 Å². The minimum atomic E-state index is 0.0567. The normalized spacial score (nSPS) is 20.0. The van der Waals surface area contributed by atoms with Gasteiger partial charge in [0.15, 0.2) is 0 Å². The summed E-state index contributed by atoms with van der Waals surface area (Å²) in [6.45, 7) is 2.58. The van der Waals surface area contributed by atoms with Gasteiger partial charge in [-0.2, -0.15) is 0 Å². The molecule has 0 aromatic heterocycles. The van der Waals surface area contributed by atoms with Crippen LogP contribution in [0.3, 0.4) is 0 Å². The summed E-state index contributed by atoms with van der Waals surface area (Å²) in [7, 11) is 1.72. The molecule has 0 radical (unpaired) electrons. The minimum absolute atomic E-state index is 0.0567. The third kappa shape index (κ3) is 1.10. The van der Waals surface area contributed by atoms with Crippen molar-refractivity contribution >= 4 is 5.91 Å². The number of hydrogen-bond donors (Lipinski definition) is 1. The molecule has 50 valence electrons. The molecule has 0 aromatic rings. The molecule has 1 rings (SSSR count). The molecule has 0 atom stereocenters. The third-order valence-corrected chi connectivity index (χ3v) is 1.38. The highest BCUT2D eigenvalue weighted by atomic mass is 16.2. The molecule has 0 saturated carbocycles. The lowest BCUT2D eigenvalue weighted by atomic mass is 10.2. The first-order valence-corrected chi connectivity index (χ1v) is 2.90. The second-order valence-electron chi connectivity index (χ2n) is 2.11. The van der Waals surface area contributed by atoms with Crippen LogP contribution in [0, 0.1) is 0 Å². The third-order valence-electron chi connectivity index (χ3n) is 1.38. The molecular weight excluding hydrogens is 116 g/mol. The second-order valence-corrected chi connectivity index (χ2v) is 2.11. The fraction of sp³-hybridized carbons (Fsp3) is 0.500. The van der Waals surface area contributed by atoms with Crippen molar-refractivity contribution in [3.05, 3.63) is 11.6 Å². The van der Waals surface area contributed by atoms with Gasteiger partial charge in [0, 0.05) is 19.2 Å². The van der Waals surface area contributed by atoms with Crippen molar-refractivity contribution in [1.29, 1.82) is 0 Å². The highest BCUT2D eigenvalue weighted by molar-refractivity contribution is 5.92. The van der Waals surface area contributed by atoms with Crippen molar-refractivity contribution in [3.63, 3.8) is 0 Å².